The van der Waals surface area contributed by atoms with Crippen molar-refractivity contribution < 1.29 is 17.1 Å². The van der Waals surface area contributed by atoms with Gasteiger partial charge in [-0.05, 0) is 45.0 Å². The zero-order chi connectivity index (χ0) is 12.2. The molecule has 0 bridgehead atoms. The Hall–Kier alpha value is -0.454. The average molecular weight is 269 g/mol. The van der Waals surface area contributed by atoms with Gasteiger partial charge in [0.15, 0.2) is 5.60 Å². The molecule has 5 heteroatoms. The molecule has 0 atom stereocenters. The Morgan fingerprint density at radius 1 is 1.35 bits per heavy atom. The third kappa shape index (κ3) is 5.15. The van der Waals surface area contributed by atoms with Gasteiger partial charge in [0.2, 0.25) is 0 Å². The van der Waals surface area contributed by atoms with Crippen molar-refractivity contribution in [2.45, 2.75) is 26.4 Å². The summed E-state index contributed by atoms with van der Waals surface area (Å²) in [4.78, 5) is 11.6. The molecule has 1 rings (SSSR count). The van der Waals surface area contributed by atoms with Crippen LogP contribution in [-0.2, 0) is 9.53 Å². The molecule has 3 nitrogen and oxygen atoms in total. The molecule has 0 fully saturated rings. The van der Waals surface area contributed by atoms with E-state index in [0.29, 0.717) is 17.4 Å². The molecule has 17 heavy (non-hydrogen) atoms. The van der Waals surface area contributed by atoms with Gasteiger partial charge >= 0.3 is 29.0 Å². The van der Waals surface area contributed by atoms with Crippen LogP contribution in [0.3, 0.4) is 0 Å². The van der Waals surface area contributed by atoms with Gasteiger partial charge in [-0.2, -0.15) is 0 Å². The van der Waals surface area contributed by atoms with Gasteiger partial charge in [-0.3, -0.25) is 0 Å². The number of carbonyl (C=O) groups excluding carboxylic acids is 1. The van der Waals surface area contributed by atoms with Gasteiger partial charge < -0.3 is 12.3 Å². The quantitative estimate of drug-likeness (QED) is 0.622. The van der Waals surface area contributed by atoms with Gasteiger partial charge in [-0.1, -0.05) is 11.6 Å². The minimum Gasteiger partial charge on any atom is -1.00 e. The summed E-state index contributed by atoms with van der Waals surface area (Å²) in [6.45, 7) is 5.43. The molecule has 0 amide bonds. The molecule has 92 valence electrons. The Morgan fingerprint density at radius 2 is 1.88 bits per heavy atom. The Bertz CT molecular complexity index is 372. The molecule has 1 aromatic carbocycles. The summed E-state index contributed by atoms with van der Waals surface area (Å²) < 4.78 is 10.5. The van der Waals surface area contributed by atoms with Crippen LogP contribution in [0.4, 0.5) is 0 Å². The number of carbonyl (C=O) groups is 1. The normalized spacial score (nSPS) is 10.4. The predicted octanol–water partition coefficient (Wildman–Crippen LogP) is 2.90. The average Bonchev–Trinajstić information content (AvgIpc) is 2.21. The number of ether oxygens (including phenoxy) is 2. The van der Waals surface area contributed by atoms with Crippen LogP contribution in [-0.4, -0.2) is 41.2 Å². The Kier molecular flexibility index (Phi) is 6.90. The topological polar surface area (TPSA) is 35.5 Å². The van der Waals surface area contributed by atoms with Crippen LogP contribution in [0.5, 0.6) is 5.75 Å². The van der Waals surface area contributed by atoms with E-state index in [1.807, 2.05) is 0 Å². The summed E-state index contributed by atoms with van der Waals surface area (Å²) in [7, 11) is 0. The fraction of sp³-hybridized carbons (Fsp3) is 0.417. The van der Waals surface area contributed by atoms with E-state index in [1.54, 1.807) is 45.0 Å². The van der Waals surface area contributed by atoms with E-state index < -0.39 is 5.60 Å². The molecular weight excluding hydrogens is 252 g/mol. The van der Waals surface area contributed by atoms with Crippen molar-refractivity contribution in [1.82, 2.24) is 0 Å². The molecule has 1 aromatic rings. The molecule has 0 heterocycles. The molecule has 0 saturated carbocycles. The number of esters is 1. The molecule has 0 aliphatic rings. The maximum atomic E-state index is 11.6. The van der Waals surface area contributed by atoms with E-state index >= 15 is 0 Å². The van der Waals surface area contributed by atoms with Crippen LogP contribution >= 0.6 is 11.6 Å². The van der Waals surface area contributed by atoms with Crippen molar-refractivity contribution >= 4 is 40.6 Å². The molecule has 0 radical (unpaired) electrons. The first-order chi connectivity index (χ1) is 7.45. The molecule has 0 unspecified atom stereocenters. The minimum absolute atomic E-state index is 0. The third-order valence-corrected chi connectivity index (χ3v) is 2.21. The fourth-order valence-corrected chi connectivity index (χ4v) is 1.27. The first kappa shape index (κ1) is 16.5. The van der Waals surface area contributed by atoms with Crippen LogP contribution in [0.1, 0.15) is 23.6 Å². The molecule has 0 aliphatic heterocycles. The van der Waals surface area contributed by atoms with Crippen LogP contribution in [0, 0.1) is 0 Å². The summed E-state index contributed by atoms with van der Waals surface area (Å²) in [6.07, 6.45) is 0. The van der Waals surface area contributed by atoms with Gasteiger partial charge in [0.05, 0.1) is 6.61 Å². The molecule has 0 saturated heterocycles. The SMILES string of the molecule is CCOC(=O)C(C)(C)Oc1ccc(Cl)cc1.[H-].[H-].[Mg+2]. The van der Waals surface area contributed by atoms with Gasteiger partial charge in [0, 0.05) is 5.02 Å². The Labute approximate surface area is 126 Å². The number of rotatable bonds is 4. The van der Waals surface area contributed by atoms with Crippen LogP contribution in [0.2, 0.25) is 5.02 Å². The third-order valence-electron chi connectivity index (χ3n) is 1.95. The zero-order valence-corrected chi connectivity index (χ0v) is 12.5. The second-order valence-corrected chi connectivity index (χ2v) is 4.22. The van der Waals surface area contributed by atoms with E-state index in [1.165, 1.54) is 0 Å². The first-order valence-electron chi connectivity index (χ1n) is 5.07. The molecular formula is C12H17ClMgO3. The largest absolute Gasteiger partial charge is 2.00 e. The second kappa shape index (κ2) is 7.09. The predicted molar refractivity (Wildman–Crippen MR) is 70.8 cm³/mol. The number of benzene rings is 1. The summed E-state index contributed by atoms with van der Waals surface area (Å²) in [5.41, 5.74) is -0.996. The van der Waals surface area contributed by atoms with Crippen LogP contribution in [0.25, 0.3) is 0 Å². The van der Waals surface area contributed by atoms with E-state index in [0.717, 1.165) is 0 Å². The van der Waals surface area contributed by atoms with Crippen LogP contribution in [0.15, 0.2) is 24.3 Å². The Morgan fingerprint density at radius 3 is 2.35 bits per heavy atom. The van der Waals surface area contributed by atoms with Crippen molar-refractivity contribution in [1.29, 1.82) is 0 Å². The smallest absolute Gasteiger partial charge is 1.00 e. The van der Waals surface area contributed by atoms with Crippen molar-refractivity contribution in [3.05, 3.63) is 29.3 Å². The van der Waals surface area contributed by atoms with Crippen molar-refractivity contribution in [2.75, 3.05) is 6.61 Å². The van der Waals surface area contributed by atoms with Crippen LogP contribution < -0.4 is 4.74 Å². The second-order valence-electron chi connectivity index (χ2n) is 3.79. The molecule has 0 aliphatic carbocycles. The Balaban J connectivity index is -0.000000853. The van der Waals surface area contributed by atoms with E-state index in [9.17, 15) is 4.79 Å². The fourth-order valence-electron chi connectivity index (χ4n) is 1.14. The molecule has 0 aromatic heterocycles. The standard InChI is InChI=1S/C12H15ClO3.Mg.2H/c1-4-15-11(14)12(2,3)16-10-7-5-9(13)6-8-10;;;/h5-8H,4H2,1-3H3;;;/q;+2;2*-1. The first-order valence-corrected chi connectivity index (χ1v) is 5.45. The van der Waals surface area contributed by atoms with Gasteiger partial charge in [0.25, 0.3) is 0 Å². The van der Waals surface area contributed by atoms with E-state index in [2.05, 4.69) is 0 Å². The van der Waals surface area contributed by atoms with E-state index in [-0.39, 0.29) is 31.9 Å². The maximum absolute atomic E-state index is 11.6. The summed E-state index contributed by atoms with van der Waals surface area (Å²) >= 11 is 5.75. The summed E-state index contributed by atoms with van der Waals surface area (Å²) in [5.74, 6) is 0.201. The zero-order valence-electron chi connectivity index (χ0n) is 12.3. The van der Waals surface area contributed by atoms with Crippen molar-refractivity contribution in [3.63, 3.8) is 0 Å². The number of hydrogen-bond acceptors (Lipinski definition) is 3. The molecule has 0 N–H and O–H groups in total. The monoisotopic (exact) mass is 268 g/mol. The van der Waals surface area contributed by atoms with Crippen molar-refractivity contribution in [2.24, 2.45) is 0 Å². The number of hydrogen-bond donors (Lipinski definition) is 0. The summed E-state index contributed by atoms with van der Waals surface area (Å²) in [6, 6.07) is 6.84. The van der Waals surface area contributed by atoms with E-state index in [4.69, 9.17) is 21.1 Å². The number of halogens is 1. The van der Waals surface area contributed by atoms with Gasteiger partial charge in [0.1, 0.15) is 5.75 Å². The molecule has 0 spiro atoms. The summed E-state index contributed by atoms with van der Waals surface area (Å²) in [5, 5.41) is 0.626. The minimum atomic E-state index is -0.996. The van der Waals surface area contributed by atoms with Gasteiger partial charge in [-0.15, -0.1) is 0 Å². The van der Waals surface area contributed by atoms with Crippen molar-refractivity contribution in [3.8, 4) is 5.75 Å². The maximum Gasteiger partial charge on any atom is 2.00 e. The van der Waals surface area contributed by atoms with Gasteiger partial charge in [-0.25, -0.2) is 4.79 Å².